The van der Waals surface area contributed by atoms with Crippen molar-refractivity contribution < 1.29 is 14.3 Å². The number of hydrogen-bond acceptors (Lipinski definition) is 6. The van der Waals surface area contributed by atoms with E-state index in [9.17, 15) is 4.79 Å². The number of halogens is 1. The van der Waals surface area contributed by atoms with Gasteiger partial charge in [-0.15, -0.1) is 11.3 Å². The molecular weight excluding hydrogens is 312 g/mol. The molecule has 5 nitrogen and oxygen atoms in total. The number of aryl methyl sites for hydroxylation is 2. The minimum absolute atomic E-state index is 0.314. The lowest BCUT2D eigenvalue weighted by atomic mass is 10.2. The quantitative estimate of drug-likeness (QED) is 0.862. The van der Waals surface area contributed by atoms with Crippen LogP contribution < -0.4 is 10.1 Å². The van der Waals surface area contributed by atoms with Gasteiger partial charge in [-0.25, -0.2) is 9.78 Å². The molecule has 1 aromatic carbocycles. The first-order valence-electron chi connectivity index (χ1n) is 6.13. The average molecular weight is 327 g/mol. The van der Waals surface area contributed by atoms with Crippen molar-refractivity contribution in [3.63, 3.8) is 0 Å². The summed E-state index contributed by atoms with van der Waals surface area (Å²) < 4.78 is 9.99. The number of methoxy groups -OCH3 is 2. The van der Waals surface area contributed by atoms with E-state index >= 15 is 0 Å². The Bertz CT molecular complexity index is 685. The number of nitrogens with one attached hydrogen (secondary N) is 1. The van der Waals surface area contributed by atoms with Gasteiger partial charge in [-0.05, 0) is 25.5 Å². The summed E-state index contributed by atoms with van der Waals surface area (Å²) in [4.78, 5) is 16.6. The standard InChI is InChI=1S/C14H15ClN2O3S/c1-7-5-10(11(19-3)6-9(7)15)16-14-17-12(8(2)21-14)13(18)20-4/h5-6H,1-4H3,(H,16,17). The summed E-state index contributed by atoms with van der Waals surface area (Å²) in [6.45, 7) is 3.72. The molecule has 0 aliphatic heterocycles. The van der Waals surface area contributed by atoms with Gasteiger partial charge in [0, 0.05) is 16.0 Å². The summed E-state index contributed by atoms with van der Waals surface area (Å²) in [5.41, 5.74) is 1.97. The molecule has 1 N–H and O–H groups in total. The summed E-state index contributed by atoms with van der Waals surface area (Å²) >= 11 is 7.45. The number of rotatable bonds is 4. The van der Waals surface area contributed by atoms with Crippen LogP contribution in [0.2, 0.25) is 5.02 Å². The second-order valence-electron chi connectivity index (χ2n) is 4.34. The van der Waals surface area contributed by atoms with Crippen LogP contribution in [-0.4, -0.2) is 25.2 Å². The molecule has 2 rings (SSSR count). The van der Waals surface area contributed by atoms with Crippen molar-refractivity contribution in [2.45, 2.75) is 13.8 Å². The Labute approximate surface area is 131 Å². The van der Waals surface area contributed by atoms with Crippen LogP contribution in [0.4, 0.5) is 10.8 Å². The molecule has 0 atom stereocenters. The Balaban J connectivity index is 2.34. The third-order valence-corrected chi connectivity index (χ3v) is 4.19. The van der Waals surface area contributed by atoms with Crippen molar-refractivity contribution in [1.82, 2.24) is 4.98 Å². The number of hydrogen-bond donors (Lipinski definition) is 1. The fraction of sp³-hybridized carbons (Fsp3) is 0.286. The van der Waals surface area contributed by atoms with E-state index in [4.69, 9.17) is 21.1 Å². The zero-order valence-electron chi connectivity index (χ0n) is 12.1. The normalized spacial score (nSPS) is 10.3. The number of anilines is 2. The number of benzene rings is 1. The monoisotopic (exact) mass is 326 g/mol. The first-order valence-corrected chi connectivity index (χ1v) is 7.32. The first kappa shape index (κ1) is 15.6. The SMILES string of the molecule is COC(=O)c1nc(Nc2cc(C)c(Cl)cc2OC)sc1C. The van der Waals surface area contributed by atoms with Gasteiger partial charge in [-0.2, -0.15) is 0 Å². The molecule has 7 heteroatoms. The van der Waals surface area contributed by atoms with E-state index in [2.05, 4.69) is 10.3 Å². The topological polar surface area (TPSA) is 60.5 Å². The van der Waals surface area contributed by atoms with Gasteiger partial charge in [0.15, 0.2) is 10.8 Å². The number of ether oxygens (including phenoxy) is 2. The third-order valence-electron chi connectivity index (χ3n) is 2.90. The van der Waals surface area contributed by atoms with E-state index in [1.165, 1.54) is 18.4 Å². The fourth-order valence-corrected chi connectivity index (χ4v) is 2.75. The van der Waals surface area contributed by atoms with E-state index < -0.39 is 5.97 Å². The summed E-state index contributed by atoms with van der Waals surface area (Å²) in [5.74, 6) is 0.161. The number of nitrogens with zero attached hydrogens (tertiary/aromatic N) is 1. The zero-order chi connectivity index (χ0) is 15.6. The smallest absolute Gasteiger partial charge is 0.357 e. The maximum atomic E-state index is 11.6. The molecule has 112 valence electrons. The molecule has 21 heavy (non-hydrogen) atoms. The number of thiazole rings is 1. The largest absolute Gasteiger partial charge is 0.495 e. The molecule has 2 aromatic rings. The van der Waals surface area contributed by atoms with Crippen molar-refractivity contribution in [2.75, 3.05) is 19.5 Å². The van der Waals surface area contributed by atoms with Crippen LogP contribution in [-0.2, 0) is 4.74 Å². The number of carbonyl (C=O) groups is 1. The van der Waals surface area contributed by atoms with Crippen molar-refractivity contribution in [1.29, 1.82) is 0 Å². The van der Waals surface area contributed by atoms with E-state index in [0.717, 1.165) is 16.1 Å². The molecule has 0 radical (unpaired) electrons. The molecule has 0 unspecified atom stereocenters. The molecule has 0 aliphatic rings. The highest BCUT2D eigenvalue weighted by Gasteiger charge is 2.17. The Kier molecular flexibility index (Phi) is 4.69. The molecule has 0 amide bonds. The fourth-order valence-electron chi connectivity index (χ4n) is 1.78. The van der Waals surface area contributed by atoms with Crippen LogP contribution >= 0.6 is 22.9 Å². The van der Waals surface area contributed by atoms with E-state index in [-0.39, 0.29) is 0 Å². The number of carbonyl (C=O) groups excluding carboxylic acids is 1. The predicted molar refractivity (Wildman–Crippen MR) is 84.2 cm³/mol. The van der Waals surface area contributed by atoms with Gasteiger partial charge < -0.3 is 14.8 Å². The number of esters is 1. The molecular formula is C14H15ClN2O3S. The van der Waals surface area contributed by atoms with Crippen molar-refractivity contribution in [3.05, 3.63) is 33.3 Å². The van der Waals surface area contributed by atoms with Gasteiger partial charge in [0.1, 0.15) is 5.75 Å². The highest BCUT2D eigenvalue weighted by Crippen LogP contribution is 2.34. The van der Waals surface area contributed by atoms with Crippen LogP contribution in [0.3, 0.4) is 0 Å². The second kappa shape index (κ2) is 6.32. The third kappa shape index (κ3) is 3.28. The van der Waals surface area contributed by atoms with Gasteiger partial charge in [-0.1, -0.05) is 11.6 Å². The Hall–Kier alpha value is -1.79. The summed E-state index contributed by atoms with van der Waals surface area (Å²) in [7, 11) is 2.90. The van der Waals surface area contributed by atoms with Gasteiger partial charge >= 0.3 is 5.97 Å². The van der Waals surface area contributed by atoms with Crippen LogP contribution in [0.5, 0.6) is 5.75 Å². The maximum absolute atomic E-state index is 11.6. The van der Waals surface area contributed by atoms with Crippen molar-refractivity contribution in [2.24, 2.45) is 0 Å². The molecule has 0 aliphatic carbocycles. The predicted octanol–water partition coefficient (Wildman–Crippen LogP) is 3.95. The van der Waals surface area contributed by atoms with Gasteiger partial charge in [0.25, 0.3) is 0 Å². The lowest BCUT2D eigenvalue weighted by Gasteiger charge is -2.11. The number of aromatic nitrogens is 1. The molecule has 0 saturated heterocycles. The molecule has 0 fully saturated rings. The molecule has 1 aromatic heterocycles. The minimum atomic E-state index is -0.448. The second-order valence-corrected chi connectivity index (χ2v) is 5.95. The van der Waals surface area contributed by atoms with Gasteiger partial charge in [0.05, 0.1) is 19.9 Å². The van der Waals surface area contributed by atoms with E-state index in [1.54, 1.807) is 13.2 Å². The maximum Gasteiger partial charge on any atom is 0.357 e. The molecule has 0 spiro atoms. The van der Waals surface area contributed by atoms with Crippen LogP contribution in [0.25, 0.3) is 0 Å². The van der Waals surface area contributed by atoms with Crippen LogP contribution in [0, 0.1) is 13.8 Å². The highest BCUT2D eigenvalue weighted by atomic mass is 35.5. The van der Waals surface area contributed by atoms with Crippen LogP contribution in [0.15, 0.2) is 12.1 Å². The molecule has 0 bridgehead atoms. The molecule has 1 heterocycles. The summed E-state index contributed by atoms with van der Waals surface area (Å²) in [5, 5.41) is 4.37. The Morgan fingerprint density at radius 3 is 2.67 bits per heavy atom. The summed E-state index contributed by atoms with van der Waals surface area (Å²) in [6.07, 6.45) is 0. The van der Waals surface area contributed by atoms with Gasteiger partial charge in [0.2, 0.25) is 0 Å². The Morgan fingerprint density at radius 1 is 1.33 bits per heavy atom. The average Bonchev–Trinajstić information content (AvgIpc) is 2.82. The molecule has 0 saturated carbocycles. The van der Waals surface area contributed by atoms with Crippen molar-refractivity contribution in [3.8, 4) is 5.75 Å². The van der Waals surface area contributed by atoms with E-state index in [0.29, 0.717) is 21.6 Å². The van der Waals surface area contributed by atoms with Gasteiger partial charge in [-0.3, -0.25) is 0 Å². The lowest BCUT2D eigenvalue weighted by molar-refractivity contribution is 0.0594. The van der Waals surface area contributed by atoms with Crippen molar-refractivity contribution >= 4 is 39.7 Å². The first-order chi connectivity index (χ1) is 9.96. The van der Waals surface area contributed by atoms with Crippen LogP contribution in [0.1, 0.15) is 20.9 Å². The lowest BCUT2D eigenvalue weighted by Crippen LogP contribution is -2.03. The van der Waals surface area contributed by atoms with E-state index in [1.807, 2.05) is 19.9 Å². The highest BCUT2D eigenvalue weighted by molar-refractivity contribution is 7.15. The minimum Gasteiger partial charge on any atom is -0.495 e. The summed E-state index contributed by atoms with van der Waals surface area (Å²) in [6, 6.07) is 3.61. The Morgan fingerprint density at radius 2 is 2.05 bits per heavy atom. The zero-order valence-corrected chi connectivity index (χ0v) is 13.7.